The molecule has 0 radical (unpaired) electrons. The van der Waals surface area contributed by atoms with Crippen LogP contribution >= 0.6 is 34.5 Å². The zero-order valence-electron chi connectivity index (χ0n) is 20.7. The molecule has 2 saturated heterocycles. The summed E-state index contributed by atoms with van der Waals surface area (Å²) in [7, 11) is -3.90. The van der Waals surface area contributed by atoms with Crippen molar-refractivity contribution in [1.82, 2.24) is 19.8 Å². The van der Waals surface area contributed by atoms with Crippen molar-refractivity contribution >= 4 is 68.4 Å². The molecule has 14 heteroatoms. The van der Waals surface area contributed by atoms with Crippen LogP contribution < -0.4 is 10.0 Å². The summed E-state index contributed by atoms with van der Waals surface area (Å²) in [5.74, 6) is -1.79. The summed E-state index contributed by atoms with van der Waals surface area (Å²) < 4.78 is 41.4. The minimum Gasteiger partial charge on any atom is -0.350 e. The van der Waals surface area contributed by atoms with E-state index in [4.69, 9.17) is 23.2 Å². The van der Waals surface area contributed by atoms with Gasteiger partial charge in [0.25, 0.3) is 5.91 Å². The van der Waals surface area contributed by atoms with Gasteiger partial charge in [-0.05, 0) is 62.1 Å². The standard InChI is InChI=1S/C25H27Cl2FN4O5S2/c26-19-13-16(5-7-20(19)28)24(34)29-14-17-3-1-11-32(17)23(33)15-31-10-2-4-21(25(31)35)30-39(36,37)12-9-18-6-8-22(27)38-18/h5-9,12-13,17,21,30H,1-4,10-11,14-15H2,(H,29,34)/t17-,21-/m0/s1. The number of sulfonamides is 1. The quantitative estimate of drug-likeness (QED) is 0.447. The second kappa shape index (κ2) is 12.8. The molecule has 4 rings (SSSR count). The van der Waals surface area contributed by atoms with E-state index >= 15 is 0 Å². The molecule has 0 unspecified atom stereocenters. The number of benzene rings is 1. The molecule has 0 aliphatic carbocycles. The first-order valence-electron chi connectivity index (χ1n) is 12.3. The number of piperidine rings is 1. The lowest BCUT2D eigenvalue weighted by atomic mass is 10.1. The van der Waals surface area contributed by atoms with Crippen LogP contribution in [0.2, 0.25) is 9.36 Å². The van der Waals surface area contributed by atoms with Gasteiger partial charge in [-0.3, -0.25) is 14.4 Å². The molecular formula is C25H27Cl2FN4O5S2. The number of nitrogens with one attached hydrogen (secondary N) is 2. The number of carbonyl (C=O) groups is 3. The molecule has 1 aromatic carbocycles. The summed E-state index contributed by atoms with van der Waals surface area (Å²) in [5.41, 5.74) is 0.207. The molecule has 3 heterocycles. The second-order valence-electron chi connectivity index (χ2n) is 9.28. The molecule has 9 nitrogen and oxygen atoms in total. The Morgan fingerprint density at radius 3 is 2.62 bits per heavy atom. The Labute approximate surface area is 240 Å². The summed E-state index contributed by atoms with van der Waals surface area (Å²) >= 11 is 12.9. The number of hydrogen-bond donors (Lipinski definition) is 2. The molecule has 1 aromatic heterocycles. The largest absolute Gasteiger partial charge is 0.350 e. The number of halogens is 3. The van der Waals surface area contributed by atoms with Crippen molar-refractivity contribution in [1.29, 1.82) is 0 Å². The van der Waals surface area contributed by atoms with Gasteiger partial charge in [0.05, 0.1) is 15.9 Å². The maximum absolute atomic E-state index is 13.4. The molecule has 0 saturated carbocycles. The van der Waals surface area contributed by atoms with Crippen molar-refractivity contribution in [3.63, 3.8) is 0 Å². The van der Waals surface area contributed by atoms with E-state index in [-0.39, 0.29) is 35.6 Å². The number of hydrogen-bond acceptors (Lipinski definition) is 6. The van der Waals surface area contributed by atoms with Gasteiger partial charge >= 0.3 is 0 Å². The van der Waals surface area contributed by atoms with Crippen molar-refractivity contribution < 1.29 is 27.2 Å². The van der Waals surface area contributed by atoms with Crippen LogP contribution in [0.25, 0.3) is 6.08 Å². The third-order valence-electron chi connectivity index (χ3n) is 6.55. The number of thiophene rings is 1. The van der Waals surface area contributed by atoms with Gasteiger partial charge in [0, 0.05) is 41.5 Å². The van der Waals surface area contributed by atoms with Crippen LogP contribution in [0.1, 0.15) is 40.9 Å². The summed E-state index contributed by atoms with van der Waals surface area (Å²) in [6, 6.07) is 5.80. The highest BCUT2D eigenvalue weighted by Gasteiger charge is 2.35. The van der Waals surface area contributed by atoms with E-state index in [1.807, 2.05) is 0 Å². The Morgan fingerprint density at radius 2 is 1.90 bits per heavy atom. The molecule has 3 amide bonds. The zero-order chi connectivity index (χ0) is 28.2. The first-order valence-corrected chi connectivity index (χ1v) is 15.4. The second-order valence-corrected chi connectivity index (χ2v) is 13.0. The predicted molar refractivity (Wildman–Crippen MR) is 148 cm³/mol. The SMILES string of the molecule is O=C(NC[C@@H]1CCCN1C(=O)CN1CCC[C@H](NS(=O)(=O)C=Cc2ccc(Cl)s2)C1=O)c1ccc(F)c(Cl)c1. The molecule has 2 aliphatic rings. The Bertz CT molecular complexity index is 1380. The zero-order valence-corrected chi connectivity index (χ0v) is 23.9. The average molecular weight is 618 g/mol. The molecule has 210 valence electrons. The lowest BCUT2D eigenvalue weighted by molar-refractivity contribution is -0.143. The number of likely N-dealkylation sites (tertiary alicyclic amines) is 2. The fourth-order valence-corrected chi connectivity index (χ4v) is 6.85. The molecule has 0 spiro atoms. The topological polar surface area (TPSA) is 116 Å². The summed E-state index contributed by atoms with van der Waals surface area (Å²) in [6.45, 7) is 0.834. The van der Waals surface area contributed by atoms with Gasteiger partial charge in [-0.1, -0.05) is 23.2 Å². The highest BCUT2D eigenvalue weighted by molar-refractivity contribution is 7.92. The fourth-order valence-electron chi connectivity index (χ4n) is 4.60. The first kappa shape index (κ1) is 29.5. The van der Waals surface area contributed by atoms with Crippen LogP contribution in [-0.2, 0) is 19.6 Å². The van der Waals surface area contributed by atoms with Crippen LogP contribution in [-0.4, -0.2) is 74.2 Å². The van der Waals surface area contributed by atoms with Crippen LogP contribution in [0.5, 0.6) is 0 Å². The third kappa shape index (κ3) is 7.79. The Kier molecular flexibility index (Phi) is 9.65. The van der Waals surface area contributed by atoms with E-state index < -0.39 is 33.7 Å². The van der Waals surface area contributed by atoms with E-state index in [1.165, 1.54) is 34.4 Å². The van der Waals surface area contributed by atoms with E-state index in [1.54, 1.807) is 17.0 Å². The molecule has 2 fully saturated rings. The lowest BCUT2D eigenvalue weighted by Crippen LogP contribution is -2.55. The highest BCUT2D eigenvalue weighted by atomic mass is 35.5. The summed E-state index contributed by atoms with van der Waals surface area (Å²) in [5, 5.41) is 3.60. The third-order valence-corrected chi connectivity index (χ3v) is 9.14. The first-order chi connectivity index (χ1) is 18.5. The normalized spacial score (nSPS) is 20.1. The summed E-state index contributed by atoms with van der Waals surface area (Å²) in [4.78, 5) is 42.3. The lowest BCUT2D eigenvalue weighted by Gasteiger charge is -2.34. The fraction of sp³-hybridized carbons (Fsp3) is 0.400. The van der Waals surface area contributed by atoms with E-state index in [0.717, 1.165) is 17.9 Å². The van der Waals surface area contributed by atoms with Crippen LogP contribution in [0.3, 0.4) is 0 Å². The smallest absolute Gasteiger partial charge is 0.251 e. The predicted octanol–water partition coefficient (Wildman–Crippen LogP) is 3.50. The van der Waals surface area contributed by atoms with Crippen molar-refractivity contribution in [3.05, 3.63) is 61.4 Å². The molecular weight excluding hydrogens is 590 g/mol. The highest BCUT2D eigenvalue weighted by Crippen LogP contribution is 2.23. The Morgan fingerprint density at radius 1 is 1.13 bits per heavy atom. The maximum Gasteiger partial charge on any atom is 0.251 e. The molecule has 2 aliphatic heterocycles. The van der Waals surface area contributed by atoms with Gasteiger partial charge in [0.15, 0.2) is 0 Å². The van der Waals surface area contributed by atoms with E-state index in [0.29, 0.717) is 41.6 Å². The van der Waals surface area contributed by atoms with Crippen molar-refractivity contribution in [2.45, 2.75) is 37.8 Å². The monoisotopic (exact) mass is 616 g/mol. The average Bonchev–Trinajstić information content (AvgIpc) is 3.54. The molecule has 0 bridgehead atoms. The van der Waals surface area contributed by atoms with Crippen molar-refractivity contribution in [2.24, 2.45) is 0 Å². The molecule has 2 N–H and O–H groups in total. The Hall–Kier alpha value is -2.51. The number of rotatable bonds is 9. The van der Waals surface area contributed by atoms with Gasteiger partial charge in [-0.25, -0.2) is 12.8 Å². The van der Waals surface area contributed by atoms with Gasteiger partial charge in [-0.15, -0.1) is 11.3 Å². The van der Waals surface area contributed by atoms with Gasteiger partial charge in [-0.2, -0.15) is 4.72 Å². The Balaban J connectivity index is 1.31. The van der Waals surface area contributed by atoms with Crippen LogP contribution in [0.4, 0.5) is 4.39 Å². The minimum absolute atomic E-state index is 0.157. The van der Waals surface area contributed by atoms with Crippen molar-refractivity contribution in [3.8, 4) is 0 Å². The van der Waals surface area contributed by atoms with E-state index in [9.17, 15) is 27.2 Å². The maximum atomic E-state index is 13.4. The van der Waals surface area contributed by atoms with Crippen LogP contribution in [0, 0.1) is 5.82 Å². The van der Waals surface area contributed by atoms with Gasteiger partial charge < -0.3 is 15.1 Å². The van der Waals surface area contributed by atoms with Crippen LogP contribution in [0.15, 0.2) is 35.7 Å². The number of amides is 3. The molecule has 2 aromatic rings. The molecule has 2 atom stereocenters. The van der Waals surface area contributed by atoms with Gasteiger partial charge in [0.2, 0.25) is 21.8 Å². The summed E-state index contributed by atoms with van der Waals surface area (Å²) in [6.07, 6.45) is 3.69. The minimum atomic E-state index is -3.90. The van der Waals surface area contributed by atoms with Crippen molar-refractivity contribution in [2.75, 3.05) is 26.2 Å². The number of carbonyl (C=O) groups excluding carboxylic acids is 3. The van der Waals surface area contributed by atoms with Gasteiger partial charge in [0.1, 0.15) is 11.9 Å². The van der Waals surface area contributed by atoms with E-state index in [2.05, 4.69) is 10.0 Å². The molecule has 39 heavy (non-hydrogen) atoms. The number of nitrogens with zero attached hydrogens (tertiary/aromatic N) is 2.